The number of hydrogen-bond donors (Lipinski definition) is 2. The predicted molar refractivity (Wildman–Crippen MR) is 211 cm³/mol. The Bertz CT molecular complexity index is 2560. The Morgan fingerprint density at radius 1 is 0.429 bits per heavy atom. The number of aromatic nitrogens is 1. The molecule has 3 heteroatoms. The van der Waals surface area contributed by atoms with Gasteiger partial charge in [-0.1, -0.05) is 147 Å². The number of benzene rings is 8. The van der Waals surface area contributed by atoms with E-state index in [2.05, 4.69) is 179 Å². The van der Waals surface area contributed by atoms with Gasteiger partial charge < -0.3 is 15.2 Å². The van der Waals surface area contributed by atoms with E-state index in [0.717, 1.165) is 11.4 Å². The van der Waals surface area contributed by atoms with Gasteiger partial charge in [0, 0.05) is 10.8 Å². The minimum atomic E-state index is -0.0845. The van der Waals surface area contributed by atoms with E-state index >= 15 is 0 Å². The monoisotopic (exact) mass is 631 g/mol. The first kappa shape index (κ1) is 29.1. The first-order valence-electron chi connectivity index (χ1n) is 17.3. The quantitative estimate of drug-likeness (QED) is 0.203. The highest BCUT2D eigenvalue weighted by molar-refractivity contribution is 6.28. The molecule has 236 valence electrons. The van der Waals surface area contributed by atoms with Crippen molar-refractivity contribution in [1.29, 1.82) is 0 Å². The summed E-state index contributed by atoms with van der Waals surface area (Å²) < 4.78 is 2.54. The highest BCUT2D eigenvalue weighted by Crippen LogP contribution is 2.46. The predicted octanol–water partition coefficient (Wildman–Crippen LogP) is 12.7. The van der Waals surface area contributed by atoms with E-state index in [-0.39, 0.29) is 12.2 Å². The Kier molecular flexibility index (Phi) is 7.05. The average Bonchev–Trinajstić information content (AvgIpc) is 3.53. The molecule has 3 nitrogen and oxygen atoms in total. The first-order chi connectivity index (χ1) is 24.3. The minimum absolute atomic E-state index is 0.0210. The van der Waals surface area contributed by atoms with Crippen LogP contribution < -0.4 is 10.6 Å². The van der Waals surface area contributed by atoms with Crippen molar-refractivity contribution < 1.29 is 0 Å². The van der Waals surface area contributed by atoms with Gasteiger partial charge in [-0.2, -0.15) is 0 Å². The number of rotatable bonds is 3. The van der Waals surface area contributed by atoms with Crippen molar-refractivity contribution >= 4 is 65.5 Å². The second-order valence-corrected chi connectivity index (χ2v) is 12.7. The summed E-state index contributed by atoms with van der Waals surface area (Å²) in [6, 6.07) is 59.7. The Hall–Kier alpha value is -6.06. The van der Waals surface area contributed by atoms with Crippen LogP contribution in [0.3, 0.4) is 0 Å². The first-order valence-corrected chi connectivity index (χ1v) is 17.3. The molecule has 1 aromatic heterocycles. The highest BCUT2D eigenvalue weighted by atomic mass is 15.3. The molecule has 10 rings (SSSR count). The van der Waals surface area contributed by atoms with Crippen LogP contribution in [0.25, 0.3) is 65.3 Å². The molecule has 0 amide bonds. The van der Waals surface area contributed by atoms with E-state index in [1.54, 1.807) is 0 Å². The fraction of sp³-hybridized carbons (Fsp3) is 0.0870. The van der Waals surface area contributed by atoms with Crippen LogP contribution in [0.4, 0.5) is 11.4 Å². The Morgan fingerprint density at radius 3 is 1.55 bits per heavy atom. The van der Waals surface area contributed by atoms with Crippen LogP contribution in [-0.4, -0.2) is 4.57 Å². The van der Waals surface area contributed by atoms with Gasteiger partial charge in [0.15, 0.2) is 0 Å². The van der Waals surface area contributed by atoms with Crippen LogP contribution in [0.15, 0.2) is 164 Å². The van der Waals surface area contributed by atoms with Crippen LogP contribution in [-0.2, 0) is 0 Å². The van der Waals surface area contributed by atoms with Gasteiger partial charge in [0.2, 0.25) is 0 Å². The summed E-state index contributed by atoms with van der Waals surface area (Å²) in [5.41, 5.74) is 8.36. The number of nitrogens with zero attached hydrogens (tertiary/aromatic N) is 1. The van der Waals surface area contributed by atoms with Gasteiger partial charge in [-0.05, 0) is 79.3 Å². The summed E-state index contributed by atoms with van der Waals surface area (Å²) in [5, 5.41) is 18.2. The number of fused-ring (bicyclic) bond motifs is 9. The third-order valence-corrected chi connectivity index (χ3v) is 10.1. The maximum absolute atomic E-state index is 4.00. The molecule has 0 saturated heterocycles. The molecule has 0 saturated carbocycles. The van der Waals surface area contributed by atoms with Gasteiger partial charge in [0.25, 0.3) is 0 Å². The fourth-order valence-electron chi connectivity index (χ4n) is 7.83. The molecule has 2 N–H and O–H groups in total. The Labute approximate surface area is 286 Å². The normalized spacial score (nSPS) is 15.5. The standard InChI is InChI=1S/C44H31N3.C2H6/c1-2-12-33-27-34(22-19-28(33)9-1)29-17-20-32(21-18-29)43-44(46-38-16-8-7-15-37(38)45-43)47-39-25-23-30-10-3-5-13-35(30)41(39)42-36-14-6-4-11-31(36)24-26-40(42)47;1-2/h1-27,43-46H;1-2H3. The second kappa shape index (κ2) is 11.9. The van der Waals surface area contributed by atoms with Crippen molar-refractivity contribution in [3.8, 4) is 11.1 Å². The topological polar surface area (TPSA) is 29.0 Å². The third-order valence-electron chi connectivity index (χ3n) is 10.1. The van der Waals surface area contributed by atoms with E-state index in [1.807, 2.05) is 13.8 Å². The maximum Gasteiger partial charge on any atom is 0.129 e. The lowest BCUT2D eigenvalue weighted by Crippen LogP contribution is -2.34. The van der Waals surface area contributed by atoms with Crippen LogP contribution in [0.5, 0.6) is 0 Å². The minimum Gasteiger partial charge on any atom is -0.373 e. The largest absolute Gasteiger partial charge is 0.373 e. The molecule has 2 atom stereocenters. The molecule has 0 fully saturated rings. The van der Waals surface area contributed by atoms with Gasteiger partial charge in [0.05, 0.1) is 28.5 Å². The lowest BCUT2D eigenvalue weighted by atomic mass is 9.96. The van der Waals surface area contributed by atoms with Gasteiger partial charge in [-0.3, -0.25) is 0 Å². The average molecular weight is 632 g/mol. The van der Waals surface area contributed by atoms with Crippen LogP contribution in [0.2, 0.25) is 0 Å². The van der Waals surface area contributed by atoms with Crippen molar-refractivity contribution in [3.63, 3.8) is 0 Å². The van der Waals surface area contributed by atoms with Crippen molar-refractivity contribution in [3.05, 3.63) is 169 Å². The molecule has 0 radical (unpaired) electrons. The van der Waals surface area contributed by atoms with Crippen molar-refractivity contribution in [2.24, 2.45) is 0 Å². The summed E-state index contributed by atoms with van der Waals surface area (Å²) in [5.74, 6) is 0. The molecular formula is C46H37N3. The summed E-state index contributed by atoms with van der Waals surface area (Å²) in [4.78, 5) is 0. The van der Waals surface area contributed by atoms with E-state index in [0.29, 0.717) is 0 Å². The summed E-state index contributed by atoms with van der Waals surface area (Å²) in [6.07, 6.45) is -0.0845. The van der Waals surface area contributed by atoms with Gasteiger partial charge in [-0.25, -0.2) is 0 Å². The molecule has 49 heavy (non-hydrogen) atoms. The second-order valence-electron chi connectivity index (χ2n) is 12.7. The number of nitrogens with one attached hydrogen (secondary N) is 2. The van der Waals surface area contributed by atoms with Gasteiger partial charge >= 0.3 is 0 Å². The van der Waals surface area contributed by atoms with Crippen molar-refractivity contribution in [2.45, 2.75) is 26.1 Å². The fourth-order valence-corrected chi connectivity index (χ4v) is 7.83. The van der Waals surface area contributed by atoms with E-state index < -0.39 is 0 Å². The molecule has 2 heterocycles. The van der Waals surface area contributed by atoms with Crippen LogP contribution in [0.1, 0.15) is 31.6 Å². The molecule has 9 aromatic rings. The number of anilines is 2. The molecule has 8 aromatic carbocycles. The molecule has 1 aliphatic rings. The molecule has 0 aliphatic carbocycles. The molecule has 0 spiro atoms. The zero-order valence-corrected chi connectivity index (χ0v) is 27.7. The lowest BCUT2D eigenvalue weighted by molar-refractivity contribution is 0.506. The lowest BCUT2D eigenvalue weighted by Gasteiger charge is -2.38. The van der Waals surface area contributed by atoms with E-state index in [9.17, 15) is 0 Å². The molecule has 1 aliphatic heterocycles. The zero-order valence-electron chi connectivity index (χ0n) is 27.7. The van der Waals surface area contributed by atoms with Crippen molar-refractivity contribution in [2.75, 3.05) is 10.6 Å². The third kappa shape index (κ3) is 4.73. The summed E-state index contributed by atoms with van der Waals surface area (Å²) >= 11 is 0. The smallest absolute Gasteiger partial charge is 0.129 e. The Morgan fingerprint density at radius 2 is 0.918 bits per heavy atom. The van der Waals surface area contributed by atoms with Crippen LogP contribution >= 0.6 is 0 Å². The number of para-hydroxylation sites is 2. The molecular weight excluding hydrogens is 595 g/mol. The SMILES string of the molecule is CC.c1ccc2c(c1)NC(c1ccc(-c3ccc4ccccc4c3)cc1)C(n1c3ccc4ccccc4c3c3c4ccccc4ccc31)N2. The highest BCUT2D eigenvalue weighted by Gasteiger charge is 2.33. The zero-order chi connectivity index (χ0) is 32.9. The molecule has 2 unspecified atom stereocenters. The number of hydrogen-bond acceptors (Lipinski definition) is 2. The van der Waals surface area contributed by atoms with Crippen LogP contribution in [0, 0.1) is 0 Å². The summed E-state index contributed by atoms with van der Waals surface area (Å²) in [7, 11) is 0. The Balaban J connectivity index is 0.00000160. The van der Waals surface area contributed by atoms with Crippen molar-refractivity contribution in [1.82, 2.24) is 4.57 Å². The maximum atomic E-state index is 4.00. The van der Waals surface area contributed by atoms with Gasteiger partial charge in [-0.15, -0.1) is 0 Å². The molecule has 0 bridgehead atoms. The van der Waals surface area contributed by atoms with E-state index in [1.165, 1.54) is 70.8 Å². The summed E-state index contributed by atoms with van der Waals surface area (Å²) in [6.45, 7) is 4.00. The van der Waals surface area contributed by atoms with E-state index in [4.69, 9.17) is 0 Å². The van der Waals surface area contributed by atoms with Gasteiger partial charge in [0.1, 0.15) is 6.17 Å².